The molecule has 0 N–H and O–H groups in total. The highest BCUT2D eigenvalue weighted by molar-refractivity contribution is 7.10. The van der Waals surface area contributed by atoms with Crippen LogP contribution >= 0.6 is 11.3 Å². The third-order valence-corrected chi connectivity index (χ3v) is 6.21. The first kappa shape index (κ1) is 15.6. The zero-order valence-electron chi connectivity index (χ0n) is 14.1. The fraction of sp³-hybridized carbons (Fsp3) is 0.474. The lowest BCUT2D eigenvalue weighted by atomic mass is 9.94. The predicted molar refractivity (Wildman–Crippen MR) is 97.4 cm³/mol. The average molecular weight is 341 g/mol. The van der Waals surface area contributed by atoms with Gasteiger partial charge in [-0.3, -0.25) is 4.79 Å². The highest BCUT2D eigenvalue weighted by atomic mass is 32.1. The lowest BCUT2D eigenvalue weighted by molar-refractivity contribution is -0.137. The highest BCUT2D eigenvalue weighted by Gasteiger charge is 2.30. The molecule has 2 aromatic rings. The van der Waals surface area contributed by atoms with Gasteiger partial charge in [-0.1, -0.05) is 6.07 Å². The van der Waals surface area contributed by atoms with E-state index >= 15 is 0 Å². The van der Waals surface area contributed by atoms with Crippen LogP contribution in [0.15, 0.2) is 29.8 Å². The highest BCUT2D eigenvalue weighted by Crippen LogP contribution is 2.28. The number of hydrogen-bond donors (Lipinski definition) is 0. The van der Waals surface area contributed by atoms with Crippen LogP contribution in [0.1, 0.15) is 28.8 Å². The first-order valence-electron chi connectivity index (χ1n) is 8.72. The van der Waals surface area contributed by atoms with Crippen LogP contribution in [0.3, 0.4) is 0 Å². The van der Waals surface area contributed by atoms with Gasteiger partial charge in [0.2, 0.25) is 5.91 Å². The molecule has 1 amide bonds. The number of carbonyl (C=O) groups is 1. The van der Waals surface area contributed by atoms with Gasteiger partial charge in [0.1, 0.15) is 5.82 Å². The zero-order valence-corrected chi connectivity index (χ0v) is 14.9. The molecule has 2 aliphatic rings. The summed E-state index contributed by atoms with van der Waals surface area (Å²) in [6.45, 7) is 5.58. The van der Waals surface area contributed by atoms with E-state index in [1.165, 1.54) is 16.0 Å². The Morgan fingerprint density at radius 1 is 1.21 bits per heavy atom. The third kappa shape index (κ3) is 3.05. The molecule has 24 heavy (non-hydrogen) atoms. The monoisotopic (exact) mass is 341 g/mol. The van der Waals surface area contributed by atoms with Crippen molar-refractivity contribution in [3.63, 3.8) is 0 Å². The lowest BCUT2D eigenvalue weighted by Crippen LogP contribution is -2.44. The molecule has 0 aromatic carbocycles. The second kappa shape index (κ2) is 6.55. The SMILES string of the molecule is Cc1ccc(N2CCC(C(=O)N3CCc4sccc4C3)CC2)nc1. The topological polar surface area (TPSA) is 36.4 Å². The maximum Gasteiger partial charge on any atom is 0.226 e. The van der Waals surface area contributed by atoms with Crippen LogP contribution in [0.2, 0.25) is 0 Å². The first-order chi connectivity index (χ1) is 11.7. The van der Waals surface area contributed by atoms with E-state index < -0.39 is 0 Å². The van der Waals surface area contributed by atoms with Crippen molar-refractivity contribution >= 4 is 23.1 Å². The number of aryl methyl sites for hydroxylation is 1. The Balaban J connectivity index is 1.36. The smallest absolute Gasteiger partial charge is 0.226 e. The summed E-state index contributed by atoms with van der Waals surface area (Å²) in [7, 11) is 0. The number of amides is 1. The number of piperidine rings is 1. The number of hydrogen-bond acceptors (Lipinski definition) is 4. The van der Waals surface area contributed by atoms with Gasteiger partial charge in [0.15, 0.2) is 0 Å². The van der Waals surface area contributed by atoms with Crippen LogP contribution in [0.5, 0.6) is 0 Å². The Kier molecular flexibility index (Phi) is 4.27. The molecule has 0 radical (unpaired) electrons. The minimum absolute atomic E-state index is 0.173. The van der Waals surface area contributed by atoms with Crippen molar-refractivity contribution in [1.29, 1.82) is 0 Å². The number of nitrogens with zero attached hydrogens (tertiary/aromatic N) is 3. The van der Waals surface area contributed by atoms with Crippen molar-refractivity contribution < 1.29 is 4.79 Å². The molecular formula is C19H23N3OS. The molecular weight excluding hydrogens is 318 g/mol. The molecule has 4 heterocycles. The van der Waals surface area contributed by atoms with E-state index in [9.17, 15) is 4.79 Å². The van der Waals surface area contributed by atoms with Crippen LogP contribution < -0.4 is 4.90 Å². The van der Waals surface area contributed by atoms with Crippen molar-refractivity contribution in [3.05, 3.63) is 45.8 Å². The molecule has 5 heteroatoms. The normalized spacial score (nSPS) is 18.5. The molecule has 126 valence electrons. The average Bonchev–Trinajstić information content (AvgIpc) is 3.09. The fourth-order valence-electron chi connectivity index (χ4n) is 3.70. The zero-order chi connectivity index (χ0) is 16.5. The maximum absolute atomic E-state index is 12.9. The summed E-state index contributed by atoms with van der Waals surface area (Å²) >= 11 is 1.82. The second-order valence-corrected chi connectivity index (χ2v) is 7.83. The predicted octanol–water partition coefficient (Wildman–Crippen LogP) is 3.25. The van der Waals surface area contributed by atoms with Gasteiger partial charge in [0.25, 0.3) is 0 Å². The van der Waals surface area contributed by atoms with Crippen molar-refractivity contribution in [2.45, 2.75) is 32.7 Å². The quantitative estimate of drug-likeness (QED) is 0.841. The number of carbonyl (C=O) groups excluding carboxylic acids is 1. The van der Waals surface area contributed by atoms with Crippen LogP contribution in [0.4, 0.5) is 5.82 Å². The molecule has 1 saturated heterocycles. The summed E-state index contributed by atoms with van der Waals surface area (Å²) in [6.07, 6.45) is 4.80. The molecule has 4 rings (SSSR count). The number of pyridine rings is 1. The summed E-state index contributed by atoms with van der Waals surface area (Å²) in [6, 6.07) is 6.36. The van der Waals surface area contributed by atoms with Gasteiger partial charge in [0, 0.05) is 43.2 Å². The van der Waals surface area contributed by atoms with Gasteiger partial charge >= 0.3 is 0 Å². The Bertz CT molecular complexity index is 716. The van der Waals surface area contributed by atoms with Gasteiger partial charge in [-0.15, -0.1) is 11.3 Å². The summed E-state index contributed by atoms with van der Waals surface area (Å²) in [5, 5.41) is 2.14. The van der Waals surface area contributed by atoms with Crippen LogP contribution in [0.25, 0.3) is 0 Å². The molecule has 2 aromatic heterocycles. The molecule has 0 unspecified atom stereocenters. The van der Waals surface area contributed by atoms with Crippen LogP contribution in [0, 0.1) is 12.8 Å². The van der Waals surface area contributed by atoms with E-state index in [0.717, 1.165) is 51.3 Å². The molecule has 2 aliphatic heterocycles. The third-order valence-electron chi connectivity index (χ3n) is 5.18. The summed E-state index contributed by atoms with van der Waals surface area (Å²) in [5.41, 5.74) is 2.53. The molecule has 0 bridgehead atoms. The van der Waals surface area contributed by atoms with Crippen molar-refractivity contribution in [3.8, 4) is 0 Å². The minimum Gasteiger partial charge on any atom is -0.357 e. The lowest BCUT2D eigenvalue weighted by Gasteiger charge is -2.36. The van der Waals surface area contributed by atoms with Gasteiger partial charge in [0.05, 0.1) is 0 Å². The van der Waals surface area contributed by atoms with E-state index in [-0.39, 0.29) is 5.92 Å². The Morgan fingerprint density at radius 2 is 2.04 bits per heavy atom. The number of thiophene rings is 1. The van der Waals surface area contributed by atoms with Gasteiger partial charge in [-0.05, 0) is 54.8 Å². The molecule has 0 saturated carbocycles. The van der Waals surface area contributed by atoms with E-state index in [4.69, 9.17) is 0 Å². The molecule has 0 atom stereocenters. The fourth-order valence-corrected chi connectivity index (χ4v) is 4.59. The van der Waals surface area contributed by atoms with Gasteiger partial charge < -0.3 is 9.80 Å². The molecule has 4 nitrogen and oxygen atoms in total. The maximum atomic E-state index is 12.9. The van der Waals surface area contributed by atoms with E-state index in [2.05, 4.69) is 45.3 Å². The van der Waals surface area contributed by atoms with Gasteiger partial charge in [-0.2, -0.15) is 0 Å². The van der Waals surface area contributed by atoms with Crippen molar-refractivity contribution in [1.82, 2.24) is 9.88 Å². The second-order valence-electron chi connectivity index (χ2n) is 6.83. The Labute approximate surface area is 147 Å². The molecule has 1 fully saturated rings. The molecule has 0 spiro atoms. The van der Waals surface area contributed by atoms with E-state index in [1.807, 2.05) is 17.5 Å². The van der Waals surface area contributed by atoms with E-state index in [1.54, 1.807) is 0 Å². The van der Waals surface area contributed by atoms with Crippen LogP contribution in [-0.4, -0.2) is 35.4 Å². The first-order valence-corrected chi connectivity index (χ1v) is 9.60. The number of aromatic nitrogens is 1. The summed E-state index contributed by atoms with van der Waals surface area (Å²) in [5.74, 6) is 1.56. The molecule has 0 aliphatic carbocycles. The number of anilines is 1. The Hall–Kier alpha value is -1.88. The largest absolute Gasteiger partial charge is 0.357 e. The van der Waals surface area contributed by atoms with Crippen molar-refractivity contribution in [2.75, 3.05) is 24.5 Å². The summed E-state index contributed by atoms with van der Waals surface area (Å²) in [4.78, 5) is 23.2. The Morgan fingerprint density at radius 3 is 2.79 bits per heavy atom. The number of fused-ring (bicyclic) bond motifs is 1. The van der Waals surface area contributed by atoms with Crippen LogP contribution in [-0.2, 0) is 17.8 Å². The minimum atomic E-state index is 0.173. The summed E-state index contributed by atoms with van der Waals surface area (Å²) < 4.78 is 0. The van der Waals surface area contributed by atoms with Gasteiger partial charge in [-0.25, -0.2) is 4.98 Å². The van der Waals surface area contributed by atoms with Crippen molar-refractivity contribution in [2.24, 2.45) is 5.92 Å². The standard InChI is InChI=1S/C19H23N3OS/c1-14-2-3-18(20-12-14)21-8-4-15(5-9-21)19(23)22-10-6-17-16(13-22)7-11-24-17/h2-3,7,11-12,15H,4-6,8-10,13H2,1H3. The van der Waals surface area contributed by atoms with E-state index in [0.29, 0.717) is 5.91 Å². The number of rotatable bonds is 2.